The van der Waals surface area contributed by atoms with Crippen LogP contribution in [0.3, 0.4) is 0 Å². The van der Waals surface area contributed by atoms with Gasteiger partial charge in [-0.05, 0) is 31.2 Å². The van der Waals surface area contributed by atoms with Gasteiger partial charge in [0.05, 0.1) is 0 Å². The van der Waals surface area contributed by atoms with Gasteiger partial charge in [-0.2, -0.15) is 0 Å². The normalized spacial score (nSPS) is 10.3. The summed E-state index contributed by atoms with van der Waals surface area (Å²) in [5.74, 6) is 1.14. The molecule has 0 spiro atoms. The zero-order valence-electron chi connectivity index (χ0n) is 8.34. The molecule has 0 aliphatic carbocycles. The second kappa shape index (κ2) is 6.06. The summed E-state index contributed by atoms with van der Waals surface area (Å²) in [6.45, 7) is 3.25. The Kier molecular flexibility index (Phi) is 4.94. The van der Waals surface area contributed by atoms with Gasteiger partial charge in [0.2, 0.25) is 0 Å². The molecule has 0 heterocycles. The summed E-state index contributed by atoms with van der Waals surface area (Å²) >= 11 is 1.90. The molecule has 1 aromatic carbocycles. The van der Waals surface area contributed by atoms with Crippen molar-refractivity contribution in [2.75, 3.05) is 19.3 Å². The predicted molar refractivity (Wildman–Crippen MR) is 60.5 cm³/mol. The van der Waals surface area contributed by atoms with Crippen molar-refractivity contribution < 1.29 is 0 Å². The second-order valence-corrected chi connectivity index (χ2v) is 4.12. The van der Waals surface area contributed by atoms with Crippen molar-refractivity contribution in [2.45, 2.75) is 18.2 Å². The lowest BCUT2D eigenvalue weighted by Crippen LogP contribution is -2.09. The van der Waals surface area contributed by atoms with Gasteiger partial charge in [-0.15, -0.1) is 11.8 Å². The van der Waals surface area contributed by atoms with Gasteiger partial charge >= 0.3 is 0 Å². The van der Waals surface area contributed by atoms with Crippen LogP contribution in [0.25, 0.3) is 0 Å². The smallest absolute Gasteiger partial charge is 0.0105 e. The van der Waals surface area contributed by atoms with E-state index in [0.717, 1.165) is 18.7 Å². The number of thioether (sulfide) groups is 1. The molecule has 1 rings (SSSR count). The monoisotopic (exact) mass is 195 g/mol. The molecule has 2 heteroatoms. The molecule has 0 saturated carbocycles. The van der Waals surface area contributed by atoms with Crippen molar-refractivity contribution in [3.8, 4) is 0 Å². The molecule has 0 radical (unpaired) electrons. The van der Waals surface area contributed by atoms with Crippen LogP contribution in [0.15, 0.2) is 29.2 Å². The Labute approximate surface area is 84.9 Å². The molecule has 0 aliphatic heterocycles. The van der Waals surface area contributed by atoms with Gasteiger partial charge in [0.25, 0.3) is 0 Å². The van der Waals surface area contributed by atoms with Crippen LogP contribution >= 0.6 is 11.8 Å². The van der Waals surface area contributed by atoms with E-state index >= 15 is 0 Å². The van der Waals surface area contributed by atoms with Crippen LogP contribution in [0.5, 0.6) is 0 Å². The molecule has 13 heavy (non-hydrogen) atoms. The van der Waals surface area contributed by atoms with Crippen molar-refractivity contribution in [2.24, 2.45) is 0 Å². The minimum Gasteiger partial charge on any atom is -0.319 e. The lowest BCUT2D eigenvalue weighted by Gasteiger charge is -2.02. The Balaban J connectivity index is 2.40. The van der Waals surface area contributed by atoms with E-state index in [9.17, 15) is 0 Å². The number of nitrogens with one attached hydrogen (secondary N) is 1. The molecule has 0 aliphatic rings. The van der Waals surface area contributed by atoms with Crippen LogP contribution in [0.4, 0.5) is 0 Å². The third kappa shape index (κ3) is 3.83. The molecule has 0 amide bonds. The summed E-state index contributed by atoms with van der Waals surface area (Å²) in [7, 11) is 1.99. The van der Waals surface area contributed by atoms with Crippen LogP contribution in [0, 0.1) is 0 Å². The number of aryl methyl sites for hydroxylation is 1. The highest BCUT2D eigenvalue weighted by molar-refractivity contribution is 7.99. The molecular weight excluding hydrogens is 178 g/mol. The third-order valence-corrected chi connectivity index (χ3v) is 2.97. The van der Waals surface area contributed by atoms with Crippen molar-refractivity contribution in [3.63, 3.8) is 0 Å². The lowest BCUT2D eigenvalue weighted by atomic mass is 10.2. The van der Waals surface area contributed by atoms with Crippen LogP contribution in [-0.4, -0.2) is 19.3 Å². The quantitative estimate of drug-likeness (QED) is 0.572. The van der Waals surface area contributed by atoms with Crippen molar-refractivity contribution >= 4 is 11.8 Å². The Hall–Kier alpha value is -0.470. The lowest BCUT2D eigenvalue weighted by molar-refractivity contribution is 0.872. The minimum atomic E-state index is 1.07. The fourth-order valence-electron chi connectivity index (χ4n) is 1.09. The van der Waals surface area contributed by atoms with E-state index in [1.54, 1.807) is 0 Å². The van der Waals surface area contributed by atoms with E-state index in [1.807, 2.05) is 18.8 Å². The maximum absolute atomic E-state index is 3.14. The maximum Gasteiger partial charge on any atom is 0.0105 e. The SMILES string of the molecule is CCc1ccc(SCCNC)cc1. The molecule has 1 nitrogen and oxygen atoms in total. The van der Waals surface area contributed by atoms with E-state index < -0.39 is 0 Å². The molecule has 0 fully saturated rings. The first kappa shape index (κ1) is 10.6. The van der Waals surface area contributed by atoms with Crippen LogP contribution in [0.1, 0.15) is 12.5 Å². The molecule has 72 valence electrons. The summed E-state index contributed by atoms with van der Waals surface area (Å²) in [4.78, 5) is 1.37. The molecule has 0 saturated heterocycles. The maximum atomic E-state index is 3.14. The van der Waals surface area contributed by atoms with Gasteiger partial charge in [-0.1, -0.05) is 19.1 Å². The van der Waals surface area contributed by atoms with Gasteiger partial charge in [0.15, 0.2) is 0 Å². The molecule has 0 bridgehead atoms. The average molecular weight is 195 g/mol. The first-order valence-electron chi connectivity index (χ1n) is 4.73. The Bertz CT molecular complexity index is 230. The molecule has 0 unspecified atom stereocenters. The molecule has 1 aromatic rings. The van der Waals surface area contributed by atoms with Crippen LogP contribution in [-0.2, 0) is 6.42 Å². The number of rotatable bonds is 5. The predicted octanol–water partition coefficient (Wildman–Crippen LogP) is 2.56. The zero-order chi connectivity index (χ0) is 9.52. The van der Waals surface area contributed by atoms with Gasteiger partial charge in [0, 0.05) is 17.2 Å². The molecule has 0 atom stereocenters. The summed E-state index contributed by atoms with van der Waals surface area (Å²) in [5, 5.41) is 3.14. The topological polar surface area (TPSA) is 12.0 Å². The first-order valence-corrected chi connectivity index (χ1v) is 5.71. The van der Waals surface area contributed by atoms with E-state index in [-0.39, 0.29) is 0 Å². The molecule has 1 N–H and O–H groups in total. The minimum absolute atomic E-state index is 1.07. The Morgan fingerprint density at radius 1 is 1.23 bits per heavy atom. The van der Waals surface area contributed by atoms with Gasteiger partial charge in [-0.25, -0.2) is 0 Å². The summed E-state index contributed by atoms with van der Waals surface area (Å²) in [6, 6.07) is 8.84. The van der Waals surface area contributed by atoms with Crippen molar-refractivity contribution in [3.05, 3.63) is 29.8 Å². The highest BCUT2D eigenvalue weighted by Gasteiger charge is 1.93. The first-order chi connectivity index (χ1) is 6.36. The van der Waals surface area contributed by atoms with Crippen molar-refractivity contribution in [1.82, 2.24) is 5.32 Å². The summed E-state index contributed by atoms with van der Waals surface area (Å²) in [5.41, 5.74) is 1.41. The number of hydrogen-bond donors (Lipinski definition) is 1. The average Bonchev–Trinajstić information content (AvgIpc) is 2.19. The summed E-state index contributed by atoms with van der Waals surface area (Å²) in [6.07, 6.45) is 1.13. The molecule has 0 aromatic heterocycles. The third-order valence-electron chi connectivity index (χ3n) is 1.95. The highest BCUT2D eigenvalue weighted by Crippen LogP contribution is 2.17. The van der Waals surface area contributed by atoms with Crippen LogP contribution < -0.4 is 5.32 Å². The van der Waals surface area contributed by atoms with Crippen LogP contribution in [0.2, 0.25) is 0 Å². The second-order valence-electron chi connectivity index (χ2n) is 2.95. The largest absolute Gasteiger partial charge is 0.319 e. The molecular formula is C11H17NS. The fourth-order valence-corrected chi connectivity index (χ4v) is 1.96. The number of benzene rings is 1. The zero-order valence-corrected chi connectivity index (χ0v) is 9.16. The highest BCUT2D eigenvalue weighted by atomic mass is 32.2. The Morgan fingerprint density at radius 3 is 2.46 bits per heavy atom. The van der Waals surface area contributed by atoms with Gasteiger partial charge in [0.1, 0.15) is 0 Å². The van der Waals surface area contributed by atoms with E-state index in [0.29, 0.717) is 0 Å². The van der Waals surface area contributed by atoms with E-state index in [4.69, 9.17) is 0 Å². The van der Waals surface area contributed by atoms with E-state index in [1.165, 1.54) is 10.5 Å². The summed E-state index contributed by atoms with van der Waals surface area (Å²) < 4.78 is 0. The Morgan fingerprint density at radius 2 is 1.92 bits per heavy atom. The standard InChI is InChI=1S/C11H17NS/c1-3-10-4-6-11(7-5-10)13-9-8-12-2/h4-7,12H,3,8-9H2,1-2H3. The van der Waals surface area contributed by atoms with Crippen molar-refractivity contribution in [1.29, 1.82) is 0 Å². The van der Waals surface area contributed by atoms with Gasteiger partial charge < -0.3 is 5.32 Å². The van der Waals surface area contributed by atoms with Gasteiger partial charge in [-0.3, -0.25) is 0 Å². The van der Waals surface area contributed by atoms with E-state index in [2.05, 4.69) is 36.5 Å². The fraction of sp³-hybridized carbons (Fsp3) is 0.455. The number of hydrogen-bond acceptors (Lipinski definition) is 2.